The van der Waals surface area contributed by atoms with Crippen molar-refractivity contribution in [2.75, 3.05) is 11.9 Å². The number of amides is 1. The molecule has 0 N–H and O–H groups in total. The highest BCUT2D eigenvalue weighted by Gasteiger charge is 2.25. The number of likely N-dealkylation sites (N-methyl/N-ethyl adjacent to an activating group) is 1. The summed E-state index contributed by atoms with van der Waals surface area (Å²) in [6.45, 7) is 2.03. The van der Waals surface area contributed by atoms with Gasteiger partial charge in [0.15, 0.2) is 0 Å². The number of nitrogens with zero attached hydrogens (tertiary/aromatic N) is 1. The van der Waals surface area contributed by atoms with Crippen molar-refractivity contribution < 1.29 is 4.79 Å². The summed E-state index contributed by atoms with van der Waals surface area (Å²) < 4.78 is 0. The zero-order chi connectivity index (χ0) is 15.1. The highest BCUT2D eigenvalue weighted by Crippen LogP contribution is 2.36. The molecule has 2 aromatic carbocycles. The van der Waals surface area contributed by atoms with Crippen LogP contribution < -0.4 is 4.90 Å². The van der Waals surface area contributed by atoms with Gasteiger partial charge in [0.1, 0.15) is 0 Å². The predicted molar refractivity (Wildman–Crippen MR) is 90.5 cm³/mol. The lowest BCUT2D eigenvalue weighted by Gasteiger charge is -2.15. The smallest absolute Gasteiger partial charge is 0.231 e. The minimum absolute atomic E-state index is 0.0706. The van der Waals surface area contributed by atoms with E-state index >= 15 is 0 Å². The predicted octanol–water partition coefficient (Wildman–Crippen LogP) is 4.65. The summed E-state index contributed by atoms with van der Waals surface area (Å²) in [4.78, 5) is 13.6. The summed E-state index contributed by atoms with van der Waals surface area (Å²) in [6.07, 6.45) is 0.480. The molecule has 0 radical (unpaired) electrons. The highest BCUT2D eigenvalue weighted by molar-refractivity contribution is 9.09. The second-order valence-electron chi connectivity index (χ2n) is 5.44. The number of anilines is 1. The molecule has 1 heterocycles. The van der Waals surface area contributed by atoms with Gasteiger partial charge in [-0.2, -0.15) is 0 Å². The van der Waals surface area contributed by atoms with E-state index < -0.39 is 0 Å². The van der Waals surface area contributed by atoms with Gasteiger partial charge in [-0.3, -0.25) is 4.79 Å². The molecule has 1 unspecified atom stereocenters. The van der Waals surface area contributed by atoms with Gasteiger partial charge in [-0.1, -0.05) is 45.7 Å². The molecule has 0 bridgehead atoms. The number of carbonyl (C=O) groups excluding carboxylic acids is 1. The fourth-order valence-electron chi connectivity index (χ4n) is 2.75. The third kappa shape index (κ3) is 2.72. The number of aryl methyl sites for hydroxylation is 1. The van der Waals surface area contributed by atoms with Crippen molar-refractivity contribution >= 4 is 39.1 Å². The monoisotopic (exact) mass is 363 g/mol. The van der Waals surface area contributed by atoms with E-state index in [1.54, 1.807) is 4.90 Å². The molecular weight excluding hydrogens is 350 g/mol. The lowest BCUT2D eigenvalue weighted by atomic mass is 10.0. The third-order valence-electron chi connectivity index (χ3n) is 3.83. The quantitative estimate of drug-likeness (QED) is 0.710. The molecule has 108 valence electrons. The number of benzene rings is 2. The largest absolute Gasteiger partial charge is 0.315 e. The number of rotatable bonds is 2. The lowest BCUT2D eigenvalue weighted by molar-refractivity contribution is -0.117. The molecule has 2 aromatic rings. The number of alkyl halides is 1. The summed E-state index contributed by atoms with van der Waals surface area (Å²) in [5, 5.41) is 0.741. The Balaban J connectivity index is 1.98. The fraction of sp³-hybridized carbons (Fsp3) is 0.235. The molecule has 1 aliphatic rings. The molecule has 0 saturated carbocycles. The third-order valence-corrected chi connectivity index (χ3v) is 5.11. The summed E-state index contributed by atoms with van der Waals surface area (Å²) in [7, 11) is 1.82. The Bertz CT molecular complexity index is 708. The maximum Gasteiger partial charge on any atom is 0.231 e. The maximum atomic E-state index is 11.8. The van der Waals surface area contributed by atoms with Crippen molar-refractivity contribution in [3.8, 4) is 0 Å². The number of fused-ring (bicyclic) bond motifs is 1. The van der Waals surface area contributed by atoms with Gasteiger partial charge in [-0.05, 0) is 47.4 Å². The van der Waals surface area contributed by atoms with E-state index in [2.05, 4.69) is 34.1 Å². The van der Waals surface area contributed by atoms with Crippen molar-refractivity contribution in [3.63, 3.8) is 0 Å². The number of carbonyl (C=O) groups is 1. The fourth-order valence-corrected chi connectivity index (χ4v) is 3.60. The van der Waals surface area contributed by atoms with Gasteiger partial charge in [0, 0.05) is 17.8 Å². The summed E-state index contributed by atoms with van der Waals surface area (Å²) in [6, 6.07) is 12.2. The molecule has 2 nitrogen and oxygen atoms in total. The van der Waals surface area contributed by atoms with E-state index in [0.29, 0.717) is 6.42 Å². The van der Waals surface area contributed by atoms with Crippen molar-refractivity contribution in [3.05, 3.63) is 63.7 Å². The van der Waals surface area contributed by atoms with Crippen LogP contribution in [0.5, 0.6) is 0 Å². The van der Waals surface area contributed by atoms with Gasteiger partial charge < -0.3 is 4.90 Å². The van der Waals surface area contributed by atoms with Crippen molar-refractivity contribution in [2.45, 2.75) is 18.2 Å². The van der Waals surface area contributed by atoms with Gasteiger partial charge >= 0.3 is 0 Å². The van der Waals surface area contributed by atoms with Crippen LogP contribution in [0.3, 0.4) is 0 Å². The van der Waals surface area contributed by atoms with Crippen LogP contribution in [-0.2, 0) is 11.2 Å². The Morgan fingerprint density at radius 1 is 1.19 bits per heavy atom. The lowest BCUT2D eigenvalue weighted by Crippen LogP contribution is -2.20. The van der Waals surface area contributed by atoms with Crippen LogP contribution in [-0.4, -0.2) is 13.0 Å². The van der Waals surface area contributed by atoms with E-state index in [1.807, 2.05) is 32.2 Å². The molecular formula is C17H15BrClNO. The SMILES string of the molecule is Cc1cc(Cl)cc(C(Br)c2ccc3c(c2)CC(=O)N3C)c1. The van der Waals surface area contributed by atoms with E-state index in [0.717, 1.165) is 33.0 Å². The van der Waals surface area contributed by atoms with E-state index in [1.165, 1.54) is 0 Å². The van der Waals surface area contributed by atoms with Gasteiger partial charge in [0.05, 0.1) is 11.2 Å². The zero-order valence-corrected chi connectivity index (χ0v) is 14.2. The Kier molecular flexibility index (Phi) is 3.80. The first-order valence-electron chi connectivity index (χ1n) is 6.76. The molecule has 1 aliphatic heterocycles. The van der Waals surface area contributed by atoms with Gasteiger partial charge in [-0.25, -0.2) is 0 Å². The van der Waals surface area contributed by atoms with Crippen molar-refractivity contribution in [2.24, 2.45) is 0 Å². The molecule has 0 saturated heterocycles. The minimum atomic E-state index is 0.0706. The summed E-state index contributed by atoms with van der Waals surface area (Å²) in [5.41, 5.74) is 5.49. The molecule has 0 aliphatic carbocycles. The molecule has 0 fully saturated rings. The van der Waals surface area contributed by atoms with Gasteiger partial charge in [0.25, 0.3) is 0 Å². The van der Waals surface area contributed by atoms with Crippen LogP contribution in [0.2, 0.25) is 5.02 Å². The first kappa shape index (κ1) is 14.6. The molecule has 4 heteroatoms. The molecule has 1 amide bonds. The molecule has 1 atom stereocenters. The van der Waals surface area contributed by atoms with E-state index in [-0.39, 0.29) is 10.7 Å². The van der Waals surface area contributed by atoms with Crippen LogP contribution in [0.1, 0.15) is 27.1 Å². The second-order valence-corrected chi connectivity index (χ2v) is 6.79. The Labute approximate surface area is 137 Å². The average Bonchev–Trinajstić information content (AvgIpc) is 2.71. The highest BCUT2D eigenvalue weighted by atomic mass is 79.9. The van der Waals surface area contributed by atoms with E-state index in [9.17, 15) is 4.79 Å². The molecule has 0 spiro atoms. The summed E-state index contributed by atoms with van der Waals surface area (Å²) in [5.74, 6) is 0.145. The molecule has 21 heavy (non-hydrogen) atoms. The van der Waals surface area contributed by atoms with Crippen LogP contribution >= 0.6 is 27.5 Å². The normalized spacial score (nSPS) is 15.2. The van der Waals surface area contributed by atoms with Crippen LogP contribution in [0.25, 0.3) is 0 Å². The minimum Gasteiger partial charge on any atom is -0.315 e. The number of hydrogen-bond acceptors (Lipinski definition) is 1. The summed E-state index contributed by atoms with van der Waals surface area (Å²) >= 11 is 9.89. The average molecular weight is 365 g/mol. The first-order valence-corrected chi connectivity index (χ1v) is 8.05. The Hall–Kier alpha value is -1.32. The zero-order valence-electron chi connectivity index (χ0n) is 11.9. The van der Waals surface area contributed by atoms with Crippen molar-refractivity contribution in [1.29, 1.82) is 0 Å². The van der Waals surface area contributed by atoms with Gasteiger partial charge in [0.2, 0.25) is 5.91 Å². The molecule has 0 aromatic heterocycles. The van der Waals surface area contributed by atoms with E-state index in [4.69, 9.17) is 11.6 Å². The number of hydrogen-bond donors (Lipinski definition) is 0. The van der Waals surface area contributed by atoms with Crippen LogP contribution in [0, 0.1) is 6.92 Å². The Morgan fingerprint density at radius 2 is 1.95 bits per heavy atom. The second kappa shape index (κ2) is 5.47. The van der Waals surface area contributed by atoms with Crippen LogP contribution in [0.4, 0.5) is 5.69 Å². The first-order chi connectivity index (χ1) is 9.95. The Morgan fingerprint density at radius 3 is 2.67 bits per heavy atom. The van der Waals surface area contributed by atoms with Gasteiger partial charge in [-0.15, -0.1) is 0 Å². The maximum absolute atomic E-state index is 11.8. The van der Waals surface area contributed by atoms with Crippen molar-refractivity contribution in [1.82, 2.24) is 0 Å². The number of halogens is 2. The standard InChI is InChI=1S/C17H15BrClNO/c1-10-5-13(8-14(19)6-10)17(18)11-3-4-15-12(7-11)9-16(21)20(15)2/h3-8,17H,9H2,1-2H3. The molecule has 3 rings (SSSR count). The van der Waals surface area contributed by atoms with Crippen LogP contribution in [0.15, 0.2) is 36.4 Å². The topological polar surface area (TPSA) is 20.3 Å².